The molecular weight excluding hydrogens is 242 g/mol. The van der Waals surface area contributed by atoms with E-state index in [0.717, 1.165) is 24.1 Å². The van der Waals surface area contributed by atoms with Crippen molar-refractivity contribution < 1.29 is 14.3 Å². The second-order valence-electron chi connectivity index (χ2n) is 5.64. The summed E-state index contributed by atoms with van der Waals surface area (Å²) in [6.45, 7) is 1.93. The molecule has 4 nitrogen and oxygen atoms in total. The highest BCUT2D eigenvalue weighted by molar-refractivity contribution is 6.23. The van der Waals surface area contributed by atoms with Gasteiger partial charge in [0.2, 0.25) is 11.8 Å². The van der Waals surface area contributed by atoms with E-state index in [1.165, 1.54) is 4.90 Å². The minimum Gasteiger partial charge on any atom is -0.373 e. The van der Waals surface area contributed by atoms with E-state index < -0.39 is 0 Å². The fourth-order valence-electron chi connectivity index (χ4n) is 3.76. The molecule has 98 valence electrons. The first kappa shape index (κ1) is 11.2. The maximum atomic E-state index is 12.6. The van der Waals surface area contributed by atoms with Gasteiger partial charge >= 0.3 is 0 Å². The number of benzene rings is 1. The maximum Gasteiger partial charge on any atom is 0.240 e. The summed E-state index contributed by atoms with van der Waals surface area (Å²) in [5, 5.41) is 0. The zero-order valence-electron chi connectivity index (χ0n) is 10.7. The number of anilines is 1. The summed E-state index contributed by atoms with van der Waals surface area (Å²) in [4.78, 5) is 26.5. The smallest absolute Gasteiger partial charge is 0.240 e. The average molecular weight is 257 g/mol. The van der Waals surface area contributed by atoms with E-state index >= 15 is 0 Å². The summed E-state index contributed by atoms with van der Waals surface area (Å²) in [6, 6.07) is 7.55. The number of carbonyl (C=O) groups is 2. The molecule has 3 aliphatic rings. The van der Waals surface area contributed by atoms with Gasteiger partial charge in [0.1, 0.15) is 0 Å². The first-order valence-corrected chi connectivity index (χ1v) is 6.77. The van der Waals surface area contributed by atoms with Crippen molar-refractivity contribution in [1.82, 2.24) is 0 Å². The van der Waals surface area contributed by atoms with Crippen molar-refractivity contribution in [2.45, 2.75) is 32.0 Å². The van der Waals surface area contributed by atoms with E-state index in [1.807, 2.05) is 31.2 Å². The van der Waals surface area contributed by atoms with Gasteiger partial charge in [-0.3, -0.25) is 9.59 Å². The molecule has 0 spiro atoms. The summed E-state index contributed by atoms with van der Waals surface area (Å²) >= 11 is 0. The van der Waals surface area contributed by atoms with Crippen LogP contribution in [0.5, 0.6) is 0 Å². The first-order valence-electron chi connectivity index (χ1n) is 6.77. The normalized spacial score (nSPS) is 36.2. The van der Waals surface area contributed by atoms with Gasteiger partial charge in [-0.2, -0.15) is 0 Å². The van der Waals surface area contributed by atoms with Crippen LogP contribution < -0.4 is 4.90 Å². The lowest BCUT2D eigenvalue weighted by molar-refractivity contribution is -0.124. The number of nitrogens with zero attached hydrogens (tertiary/aromatic N) is 1. The molecule has 1 aromatic rings. The van der Waals surface area contributed by atoms with Crippen molar-refractivity contribution in [3.63, 3.8) is 0 Å². The number of para-hydroxylation sites is 1. The Bertz CT molecular complexity index is 555. The molecule has 1 aromatic carbocycles. The summed E-state index contributed by atoms with van der Waals surface area (Å²) < 4.78 is 5.73. The quantitative estimate of drug-likeness (QED) is 0.719. The number of hydrogen-bond acceptors (Lipinski definition) is 3. The molecule has 3 fully saturated rings. The Morgan fingerprint density at radius 2 is 1.63 bits per heavy atom. The standard InChI is InChI=1S/C15H15NO3/c1-8-4-2-3-5-9(8)16-14(17)12-10-6-7-11(19-10)13(12)15(16)18/h2-5,10-13H,6-7H2,1H3/t10-,11+,12-,13+. The van der Waals surface area contributed by atoms with Gasteiger partial charge in [-0.1, -0.05) is 18.2 Å². The van der Waals surface area contributed by atoms with Crippen molar-refractivity contribution in [3.05, 3.63) is 29.8 Å². The largest absolute Gasteiger partial charge is 0.373 e. The van der Waals surface area contributed by atoms with Crippen LogP contribution in [0.15, 0.2) is 24.3 Å². The van der Waals surface area contributed by atoms with Crippen LogP contribution in [0, 0.1) is 18.8 Å². The fraction of sp³-hybridized carbons (Fsp3) is 0.467. The highest BCUT2D eigenvalue weighted by atomic mass is 16.5. The topological polar surface area (TPSA) is 46.6 Å². The van der Waals surface area contributed by atoms with Crippen molar-refractivity contribution in [3.8, 4) is 0 Å². The SMILES string of the molecule is Cc1ccccc1N1C(=O)[C@@H]2[C@H](C1=O)[C@H]1CC[C@@H]2O1. The van der Waals surface area contributed by atoms with Crippen LogP contribution in [0.2, 0.25) is 0 Å². The van der Waals surface area contributed by atoms with Crippen LogP contribution in [0.1, 0.15) is 18.4 Å². The number of imide groups is 1. The molecular formula is C15H15NO3. The fourth-order valence-corrected chi connectivity index (χ4v) is 3.76. The number of fused-ring (bicyclic) bond motifs is 5. The molecule has 0 radical (unpaired) electrons. The Balaban J connectivity index is 1.78. The zero-order chi connectivity index (χ0) is 13.1. The Morgan fingerprint density at radius 3 is 2.21 bits per heavy atom. The van der Waals surface area contributed by atoms with Crippen molar-refractivity contribution in [2.24, 2.45) is 11.8 Å². The van der Waals surface area contributed by atoms with Gasteiger partial charge in [-0.05, 0) is 31.4 Å². The lowest BCUT2D eigenvalue weighted by Crippen LogP contribution is -2.34. The number of hydrogen-bond donors (Lipinski definition) is 0. The number of rotatable bonds is 1. The van der Waals surface area contributed by atoms with Crippen LogP contribution in [0.4, 0.5) is 5.69 Å². The van der Waals surface area contributed by atoms with Gasteiger partial charge < -0.3 is 4.74 Å². The van der Waals surface area contributed by atoms with Gasteiger partial charge in [0, 0.05) is 0 Å². The number of amides is 2. The predicted molar refractivity (Wildman–Crippen MR) is 68.5 cm³/mol. The molecule has 4 rings (SSSR count). The third kappa shape index (κ3) is 1.32. The Hall–Kier alpha value is -1.68. The summed E-state index contributed by atoms with van der Waals surface area (Å²) in [5.74, 6) is -0.635. The van der Waals surface area contributed by atoms with E-state index in [0.29, 0.717) is 0 Å². The van der Waals surface area contributed by atoms with Crippen molar-refractivity contribution >= 4 is 17.5 Å². The number of ether oxygens (including phenoxy) is 1. The van der Waals surface area contributed by atoms with Crippen LogP contribution in [-0.2, 0) is 14.3 Å². The van der Waals surface area contributed by atoms with Crippen LogP contribution in [0.3, 0.4) is 0 Å². The molecule has 4 heteroatoms. The third-order valence-corrected chi connectivity index (χ3v) is 4.64. The zero-order valence-corrected chi connectivity index (χ0v) is 10.7. The van der Waals surface area contributed by atoms with Crippen LogP contribution in [-0.4, -0.2) is 24.0 Å². The molecule has 3 heterocycles. The molecule has 2 amide bonds. The van der Waals surface area contributed by atoms with Crippen LogP contribution >= 0.6 is 0 Å². The van der Waals surface area contributed by atoms with Gasteiger partial charge in [-0.25, -0.2) is 4.90 Å². The van der Waals surface area contributed by atoms with E-state index in [2.05, 4.69) is 0 Å². The lowest BCUT2D eigenvalue weighted by Gasteiger charge is -2.19. The second kappa shape index (κ2) is 3.67. The molecule has 0 saturated carbocycles. The molecule has 2 bridgehead atoms. The van der Waals surface area contributed by atoms with E-state index in [9.17, 15) is 9.59 Å². The molecule has 0 aromatic heterocycles. The Labute approximate surface area is 111 Å². The Morgan fingerprint density at radius 1 is 1.05 bits per heavy atom. The van der Waals surface area contributed by atoms with E-state index in [4.69, 9.17) is 4.74 Å². The highest BCUT2D eigenvalue weighted by Gasteiger charge is 2.62. The van der Waals surface area contributed by atoms with Gasteiger partial charge in [-0.15, -0.1) is 0 Å². The van der Waals surface area contributed by atoms with E-state index in [1.54, 1.807) is 0 Å². The molecule has 4 atom stereocenters. The number of carbonyl (C=O) groups excluding carboxylic acids is 2. The van der Waals surface area contributed by atoms with Crippen molar-refractivity contribution in [1.29, 1.82) is 0 Å². The van der Waals surface area contributed by atoms with E-state index in [-0.39, 0.29) is 35.9 Å². The van der Waals surface area contributed by atoms with Gasteiger partial charge in [0.15, 0.2) is 0 Å². The molecule has 0 N–H and O–H groups in total. The average Bonchev–Trinajstić information content (AvgIpc) is 3.06. The predicted octanol–water partition coefficient (Wildman–Crippen LogP) is 1.66. The third-order valence-electron chi connectivity index (χ3n) is 4.64. The maximum absolute atomic E-state index is 12.6. The minimum atomic E-state index is -0.245. The monoisotopic (exact) mass is 257 g/mol. The summed E-state index contributed by atoms with van der Waals surface area (Å²) in [7, 11) is 0. The number of aryl methyl sites for hydroxylation is 1. The molecule has 0 unspecified atom stereocenters. The molecule has 19 heavy (non-hydrogen) atoms. The molecule has 3 aliphatic heterocycles. The molecule has 3 saturated heterocycles. The second-order valence-corrected chi connectivity index (χ2v) is 5.64. The highest BCUT2D eigenvalue weighted by Crippen LogP contribution is 2.49. The minimum absolute atomic E-state index is 0.0412. The molecule has 0 aliphatic carbocycles. The summed E-state index contributed by atoms with van der Waals surface area (Å²) in [5.41, 5.74) is 1.68. The first-order chi connectivity index (χ1) is 9.18. The van der Waals surface area contributed by atoms with Gasteiger partial charge in [0.25, 0.3) is 0 Å². The van der Waals surface area contributed by atoms with Crippen LogP contribution in [0.25, 0.3) is 0 Å². The van der Waals surface area contributed by atoms with Crippen molar-refractivity contribution in [2.75, 3.05) is 4.90 Å². The Kier molecular flexibility index (Phi) is 2.16. The van der Waals surface area contributed by atoms with Gasteiger partial charge in [0.05, 0.1) is 29.7 Å². The lowest BCUT2D eigenvalue weighted by atomic mass is 9.81. The summed E-state index contributed by atoms with van der Waals surface area (Å²) in [6.07, 6.45) is 1.74.